The first-order valence-electron chi connectivity index (χ1n) is 8.24. The SMILES string of the molecule is CCOc1cc([N+](=O)[O-])c(C(=O)Nc2ccc(OC)c(OC(F)F)c2)cc1OC. The summed E-state index contributed by atoms with van der Waals surface area (Å²) in [6.45, 7) is -1.18. The number of nitrogens with zero attached hydrogens (tertiary/aromatic N) is 1. The number of halogens is 2. The number of ether oxygens (including phenoxy) is 4. The normalized spacial score (nSPS) is 10.4. The number of carbonyl (C=O) groups is 1. The van der Waals surface area contributed by atoms with E-state index in [2.05, 4.69) is 10.1 Å². The Morgan fingerprint density at radius 1 is 1.10 bits per heavy atom. The molecule has 0 spiro atoms. The predicted molar refractivity (Wildman–Crippen MR) is 98.4 cm³/mol. The third kappa shape index (κ3) is 5.21. The molecule has 11 heteroatoms. The fourth-order valence-electron chi connectivity index (χ4n) is 2.45. The zero-order chi connectivity index (χ0) is 21.6. The first-order chi connectivity index (χ1) is 13.8. The molecule has 2 rings (SSSR count). The second-order valence-electron chi connectivity index (χ2n) is 5.41. The van der Waals surface area contributed by atoms with Crippen LogP contribution in [0.3, 0.4) is 0 Å². The molecular formula is C18H18F2N2O7. The highest BCUT2D eigenvalue weighted by molar-refractivity contribution is 6.07. The summed E-state index contributed by atoms with van der Waals surface area (Å²) in [6.07, 6.45) is 0. The van der Waals surface area contributed by atoms with Crippen molar-refractivity contribution in [3.63, 3.8) is 0 Å². The molecule has 0 atom stereocenters. The zero-order valence-corrected chi connectivity index (χ0v) is 15.7. The van der Waals surface area contributed by atoms with Crippen molar-refractivity contribution in [2.24, 2.45) is 0 Å². The Morgan fingerprint density at radius 2 is 1.79 bits per heavy atom. The summed E-state index contributed by atoms with van der Waals surface area (Å²) in [5.41, 5.74) is -0.750. The number of rotatable bonds is 9. The number of nitro benzene ring substituents is 1. The van der Waals surface area contributed by atoms with E-state index in [1.54, 1.807) is 6.92 Å². The average Bonchev–Trinajstić information content (AvgIpc) is 2.67. The van der Waals surface area contributed by atoms with Gasteiger partial charge in [0, 0.05) is 17.8 Å². The second-order valence-corrected chi connectivity index (χ2v) is 5.41. The van der Waals surface area contributed by atoms with Crippen LogP contribution in [-0.4, -0.2) is 38.3 Å². The molecule has 2 aromatic rings. The molecule has 0 fully saturated rings. The molecule has 0 saturated carbocycles. The first-order valence-corrected chi connectivity index (χ1v) is 8.24. The van der Waals surface area contributed by atoms with Gasteiger partial charge in [-0.15, -0.1) is 0 Å². The van der Waals surface area contributed by atoms with Gasteiger partial charge in [0.15, 0.2) is 23.0 Å². The van der Waals surface area contributed by atoms with Gasteiger partial charge in [-0.2, -0.15) is 8.78 Å². The lowest BCUT2D eigenvalue weighted by Crippen LogP contribution is -2.15. The van der Waals surface area contributed by atoms with Crippen LogP contribution in [0.2, 0.25) is 0 Å². The van der Waals surface area contributed by atoms with Crippen molar-refractivity contribution < 1.29 is 37.4 Å². The molecule has 1 N–H and O–H groups in total. The number of anilines is 1. The lowest BCUT2D eigenvalue weighted by Gasteiger charge is -2.13. The predicted octanol–water partition coefficient (Wildman–Crippen LogP) is 3.86. The average molecular weight is 412 g/mol. The highest BCUT2D eigenvalue weighted by atomic mass is 19.3. The van der Waals surface area contributed by atoms with Crippen molar-refractivity contribution in [2.45, 2.75) is 13.5 Å². The molecule has 9 nitrogen and oxygen atoms in total. The first kappa shape index (κ1) is 21.7. The minimum absolute atomic E-state index is 0.0250. The number of amides is 1. The molecule has 0 saturated heterocycles. The number of methoxy groups -OCH3 is 2. The van der Waals surface area contributed by atoms with Crippen molar-refractivity contribution >= 4 is 17.3 Å². The maximum absolute atomic E-state index is 12.6. The van der Waals surface area contributed by atoms with E-state index in [1.807, 2.05) is 0 Å². The van der Waals surface area contributed by atoms with E-state index in [4.69, 9.17) is 14.2 Å². The Bertz CT molecular complexity index is 906. The molecule has 156 valence electrons. The third-order valence-electron chi connectivity index (χ3n) is 3.66. The summed E-state index contributed by atoms with van der Waals surface area (Å²) in [5, 5.41) is 13.8. The number of hydrogen-bond donors (Lipinski definition) is 1. The van der Waals surface area contributed by atoms with Crippen LogP contribution in [0.25, 0.3) is 0 Å². The highest BCUT2D eigenvalue weighted by Crippen LogP contribution is 2.36. The molecule has 0 aliphatic heterocycles. The molecule has 0 radical (unpaired) electrons. The zero-order valence-electron chi connectivity index (χ0n) is 15.7. The Balaban J connectivity index is 2.40. The van der Waals surface area contributed by atoms with Crippen LogP contribution in [-0.2, 0) is 0 Å². The maximum atomic E-state index is 12.6. The van der Waals surface area contributed by atoms with Gasteiger partial charge >= 0.3 is 6.61 Å². The fraction of sp³-hybridized carbons (Fsp3) is 0.278. The summed E-state index contributed by atoms with van der Waals surface area (Å²) in [6, 6.07) is 6.03. The quantitative estimate of drug-likeness (QED) is 0.492. The van der Waals surface area contributed by atoms with Crippen LogP contribution >= 0.6 is 0 Å². The van der Waals surface area contributed by atoms with E-state index in [0.717, 1.165) is 12.1 Å². The van der Waals surface area contributed by atoms with E-state index >= 15 is 0 Å². The maximum Gasteiger partial charge on any atom is 0.387 e. The Kier molecular flexibility index (Phi) is 7.12. The van der Waals surface area contributed by atoms with Gasteiger partial charge in [0.1, 0.15) is 5.56 Å². The van der Waals surface area contributed by atoms with Gasteiger partial charge in [0.2, 0.25) is 0 Å². The van der Waals surface area contributed by atoms with E-state index in [0.29, 0.717) is 0 Å². The lowest BCUT2D eigenvalue weighted by molar-refractivity contribution is -0.385. The van der Waals surface area contributed by atoms with Crippen molar-refractivity contribution in [1.82, 2.24) is 0 Å². The van der Waals surface area contributed by atoms with Crippen LogP contribution in [0.15, 0.2) is 30.3 Å². The molecule has 0 unspecified atom stereocenters. The van der Waals surface area contributed by atoms with Crippen molar-refractivity contribution in [1.29, 1.82) is 0 Å². The molecule has 0 aliphatic carbocycles. The monoisotopic (exact) mass is 412 g/mol. The molecule has 0 bridgehead atoms. The molecule has 2 aromatic carbocycles. The fourth-order valence-corrected chi connectivity index (χ4v) is 2.45. The molecule has 0 heterocycles. The van der Waals surface area contributed by atoms with Gasteiger partial charge in [-0.25, -0.2) is 0 Å². The van der Waals surface area contributed by atoms with Gasteiger partial charge in [0.05, 0.1) is 31.8 Å². The standard InChI is InChI=1S/C18H18F2N2O7/c1-4-28-15-9-12(22(24)25)11(8-14(15)27-3)17(23)21-10-5-6-13(26-2)16(7-10)29-18(19)20/h5-9,18H,4H2,1-3H3,(H,21,23). The summed E-state index contributed by atoms with van der Waals surface area (Å²) < 4.78 is 44.8. The Labute approximate surface area is 164 Å². The number of benzene rings is 2. The van der Waals surface area contributed by atoms with Crippen LogP contribution in [0.4, 0.5) is 20.2 Å². The molecule has 0 aromatic heterocycles. The van der Waals surface area contributed by atoms with Crippen LogP contribution < -0.4 is 24.3 Å². The minimum atomic E-state index is -3.11. The number of alkyl halides is 2. The number of nitro groups is 1. The van der Waals surface area contributed by atoms with Crippen LogP contribution in [0.1, 0.15) is 17.3 Å². The van der Waals surface area contributed by atoms with Gasteiger partial charge in [-0.1, -0.05) is 0 Å². The van der Waals surface area contributed by atoms with Crippen molar-refractivity contribution in [3.8, 4) is 23.0 Å². The van der Waals surface area contributed by atoms with Gasteiger partial charge in [-0.3, -0.25) is 14.9 Å². The molecule has 0 aliphatic rings. The second kappa shape index (κ2) is 9.53. The molecule has 29 heavy (non-hydrogen) atoms. The third-order valence-corrected chi connectivity index (χ3v) is 3.66. The van der Waals surface area contributed by atoms with Crippen molar-refractivity contribution in [2.75, 3.05) is 26.1 Å². The largest absolute Gasteiger partial charge is 0.493 e. The topological polar surface area (TPSA) is 109 Å². The van der Waals surface area contributed by atoms with Gasteiger partial charge in [-0.05, 0) is 19.1 Å². The van der Waals surface area contributed by atoms with Crippen LogP contribution in [0.5, 0.6) is 23.0 Å². The summed E-state index contributed by atoms with van der Waals surface area (Å²) in [5.74, 6) is -0.906. The lowest BCUT2D eigenvalue weighted by atomic mass is 10.1. The smallest absolute Gasteiger partial charge is 0.387 e. The highest BCUT2D eigenvalue weighted by Gasteiger charge is 2.25. The molecular weight excluding hydrogens is 394 g/mol. The van der Waals surface area contributed by atoms with Gasteiger partial charge < -0.3 is 24.3 Å². The Morgan fingerprint density at radius 3 is 2.34 bits per heavy atom. The number of nitrogens with one attached hydrogen (secondary N) is 1. The van der Waals surface area contributed by atoms with E-state index < -0.39 is 23.1 Å². The Hall–Kier alpha value is -3.63. The minimum Gasteiger partial charge on any atom is -0.493 e. The number of hydrogen-bond acceptors (Lipinski definition) is 7. The summed E-state index contributed by atoms with van der Waals surface area (Å²) in [7, 11) is 2.59. The van der Waals surface area contributed by atoms with Gasteiger partial charge in [0.25, 0.3) is 11.6 Å². The summed E-state index contributed by atoms with van der Waals surface area (Å²) in [4.78, 5) is 23.3. The van der Waals surface area contributed by atoms with E-state index in [-0.39, 0.29) is 40.9 Å². The number of carbonyl (C=O) groups excluding carboxylic acids is 1. The molecule has 1 amide bonds. The van der Waals surface area contributed by atoms with E-state index in [1.165, 1.54) is 32.4 Å². The van der Waals surface area contributed by atoms with Crippen molar-refractivity contribution in [3.05, 3.63) is 46.0 Å². The summed E-state index contributed by atoms with van der Waals surface area (Å²) >= 11 is 0. The van der Waals surface area contributed by atoms with E-state index in [9.17, 15) is 23.7 Å². The van der Waals surface area contributed by atoms with Crippen LogP contribution in [0, 0.1) is 10.1 Å².